The average molecular weight is 343 g/mol. The summed E-state index contributed by atoms with van der Waals surface area (Å²) in [5.74, 6) is 0. The first-order chi connectivity index (χ1) is 9.99. The molecule has 2 nitrogen and oxygen atoms in total. The van der Waals surface area contributed by atoms with Crippen molar-refractivity contribution < 1.29 is 0 Å². The molecule has 1 aromatic carbocycles. The first kappa shape index (κ1) is 16.8. The summed E-state index contributed by atoms with van der Waals surface area (Å²) in [4.78, 5) is 3.59. The Morgan fingerprint density at radius 1 is 1.24 bits per heavy atom. The van der Waals surface area contributed by atoms with E-state index in [1.807, 2.05) is 12.1 Å². The van der Waals surface area contributed by atoms with Crippen molar-refractivity contribution in [2.75, 3.05) is 20.6 Å². The molecule has 0 fully saturated rings. The molecule has 2 aromatic rings. The van der Waals surface area contributed by atoms with Gasteiger partial charge in [-0.1, -0.05) is 35.3 Å². The van der Waals surface area contributed by atoms with Crippen molar-refractivity contribution in [3.8, 4) is 0 Å². The zero-order chi connectivity index (χ0) is 15.4. The van der Waals surface area contributed by atoms with Gasteiger partial charge in [-0.25, -0.2) is 0 Å². The second kappa shape index (κ2) is 7.61. The van der Waals surface area contributed by atoms with E-state index in [1.54, 1.807) is 17.4 Å². The number of nitrogens with one attached hydrogen (secondary N) is 1. The number of rotatable bonds is 6. The third-order valence-electron chi connectivity index (χ3n) is 3.54. The lowest BCUT2D eigenvalue weighted by Gasteiger charge is -2.26. The number of hydrogen-bond donors (Lipinski definition) is 1. The molecule has 0 amide bonds. The molecule has 0 radical (unpaired) electrons. The second-order valence-electron chi connectivity index (χ2n) is 5.29. The Morgan fingerprint density at radius 3 is 2.57 bits per heavy atom. The van der Waals surface area contributed by atoms with Crippen LogP contribution >= 0.6 is 34.5 Å². The van der Waals surface area contributed by atoms with Crippen molar-refractivity contribution in [3.63, 3.8) is 0 Å². The molecular weight excluding hydrogens is 323 g/mol. The SMILES string of the molecule is CC(NCC(c1cccs1)N(C)C)c1ccc(Cl)cc1Cl. The lowest BCUT2D eigenvalue weighted by atomic mass is 10.1. The molecule has 0 aliphatic rings. The fraction of sp³-hybridized carbons (Fsp3) is 0.375. The minimum atomic E-state index is 0.178. The normalized spacial score (nSPS) is 14.4. The van der Waals surface area contributed by atoms with Gasteiger partial charge >= 0.3 is 0 Å². The average Bonchev–Trinajstić information content (AvgIpc) is 2.92. The third kappa shape index (κ3) is 4.44. The van der Waals surface area contributed by atoms with Crippen LogP contribution in [0.1, 0.15) is 29.4 Å². The molecule has 1 N–H and O–H groups in total. The van der Waals surface area contributed by atoms with Gasteiger partial charge in [-0.3, -0.25) is 0 Å². The number of likely N-dealkylation sites (N-methyl/N-ethyl adjacent to an activating group) is 1. The lowest BCUT2D eigenvalue weighted by molar-refractivity contribution is 0.285. The molecule has 0 saturated heterocycles. The van der Waals surface area contributed by atoms with Gasteiger partial charge in [0.1, 0.15) is 0 Å². The van der Waals surface area contributed by atoms with E-state index in [1.165, 1.54) is 4.88 Å². The fourth-order valence-corrected chi connectivity index (χ4v) is 3.76. The summed E-state index contributed by atoms with van der Waals surface area (Å²) in [5, 5.41) is 7.06. The van der Waals surface area contributed by atoms with Gasteiger partial charge in [-0.15, -0.1) is 11.3 Å². The topological polar surface area (TPSA) is 15.3 Å². The van der Waals surface area contributed by atoms with Crippen LogP contribution < -0.4 is 5.32 Å². The van der Waals surface area contributed by atoms with E-state index < -0.39 is 0 Å². The molecule has 114 valence electrons. The summed E-state index contributed by atoms with van der Waals surface area (Å²) in [6, 6.07) is 10.5. The van der Waals surface area contributed by atoms with Crippen molar-refractivity contribution in [3.05, 3.63) is 56.2 Å². The van der Waals surface area contributed by atoms with E-state index in [2.05, 4.69) is 48.7 Å². The number of benzene rings is 1. The molecule has 2 atom stereocenters. The van der Waals surface area contributed by atoms with Gasteiger partial charge in [-0.05, 0) is 50.2 Å². The van der Waals surface area contributed by atoms with Gasteiger partial charge in [0, 0.05) is 27.5 Å². The third-order valence-corrected chi connectivity index (χ3v) is 5.08. The lowest BCUT2D eigenvalue weighted by Crippen LogP contribution is -2.32. The molecule has 1 heterocycles. The predicted octanol–water partition coefficient (Wildman–Crippen LogP) is 5.01. The standard InChI is InChI=1S/C16H20Cl2N2S/c1-11(13-7-6-12(17)9-14(13)18)19-10-15(20(2)3)16-5-4-8-21-16/h4-9,11,15,19H,10H2,1-3H3. The molecule has 0 spiro atoms. The molecule has 0 aliphatic heterocycles. The van der Waals surface area contributed by atoms with Crippen LogP contribution in [0, 0.1) is 0 Å². The number of halogens is 2. The van der Waals surface area contributed by atoms with Gasteiger partial charge in [-0.2, -0.15) is 0 Å². The van der Waals surface area contributed by atoms with Gasteiger partial charge in [0.15, 0.2) is 0 Å². The van der Waals surface area contributed by atoms with Crippen molar-refractivity contribution >= 4 is 34.5 Å². The molecule has 2 rings (SSSR count). The van der Waals surface area contributed by atoms with Crippen LogP contribution in [-0.4, -0.2) is 25.5 Å². The smallest absolute Gasteiger partial charge is 0.0561 e. The Morgan fingerprint density at radius 2 is 2.00 bits per heavy atom. The highest BCUT2D eigenvalue weighted by Gasteiger charge is 2.17. The maximum absolute atomic E-state index is 6.27. The van der Waals surface area contributed by atoms with Crippen molar-refractivity contribution in [1.82, 2.24) is 10.2 Å². The highest BCUT2D eigenvalue weighted by molar-refractivity contribution is 7.10. The maximum Gasteiger partial charge on any atom is 0.0561 e. The van der Waals surface area contributed by atoms with Gasteiger partial charge in [0.25, 0.3) is 0 Å². The summed E-state index contributed by atoms with van der Waals surface area (Å²) in [6.45, 7) is 2.99. The molecule has 0 saturated carbocycles. The Hall–Kier alpha value is -0.580. The molecule has 0 aliphatic carbocycles. The van der Waals surface area contributed by atoms with Crippen molar-refractivity contribution in [2.45, 2.75) is 19.0 Å². The summed E-state index contributed by atoms with van der Waals surface area (Å²) < 4.78 is 0. The van der Waals surface area contributed by atoms with E-state index in [-0.39, 0.29) is 6.04 Å². The van der Waals surface area contributed by atoms with Crippen LogP contribution in [0.5, 0.6) is 0 Å². The zero-order valence-corrected chi connectivity index (χ0v) is 14.8. The van der Waals surface area contributed by atoms with E-state index in [9.17, 15) is 0 Å². The summed E-state index contributed by atoms with van der Waals surface area (Å²) in [6.07, 6.45) is 0. The highest BCUT2D eigenvalue weighted by Crippen LogP contribution is 2.27. The molecule has 0 bridgehead atoms. The Balaban J connectivity index is 2.03. The first-order valence-corrected chi connectivity index (χ1v) is 8.50. The monoisotopic (exact) mass is 342 g/mol. The number of hydrogen-bond acceptors (Lipinski definition) is 3. The van der Waals surface area contributed by atoms with Crippen LogP contribution in [0.25, 0.3) is 0 Å². The minimum absolute atomic E-state index is 0.178. The Bertz CT molecular complexity index is 570. The molecule has 2 unspecified atom stereocenters. The number of thiophene rings is 1. The van der Waals surface area contributed by atoms with Crippen LogP contribution in [0.3, 0.4) is 0 Å². The Labute approximate surface area is 140 Å². The second-order valence-corrected chi connectivity index (χ2v) is 7.11. The summed E-state index contributed by atoms with van der Waals surface area (Å²) >= 11 is 14.0. The molecular formula is C16H20Cl2N2S. The van der Waals surface area contributed by atoms with Crippen molar-refractivity contribution in [2.24, 2.45) is 0 Å². The van der Waals surface area contributed by atoms with Gasteiger partial charge < -0.3 is 10.2 Å². The van der Waals surface area contributed by atoms with Crippen LogP contribution in [0.2, 0.25) is 10.0 Å². The van der Waals surface area contributed by atoms with Crippen LogP contribution in [0.4, 0.5) is 0 Å². The fourth-order valence-electron chi connectivity index (χ4n) is 2.27. The quantitative estimate of drug-likeness (QED) is 0.793. The van der Waals surface area contributed by atoms with E-state index in [0.29, 0.717) is 16.1 Å². The maximum atomic E-state index is 6.27. The van der Waals surface area contributed by atoms with E-state index >= 15 is 0 Å². The molecule has 5 heteroatoms. The highest BCUT2D eigenvalue weighted by atomic mass is 35.5. The molecule has 1 aromatic heterocycles. The predicted molar refractivity (Wildman–Crippen MR) is 93.6 cm³/mol. The first-order valence-electron chi connectivity index (χ1n) is 6.87. The number of nitrogens with zero attached hydrogens (tertiary/aromatic N) is 1. The zero-order valence-electron chi connectivity index (χ0n) is 12.4. The van der Waals surface area contributed by atoms with Crippen molar-refractivity contribution in [1.29, 1.82) is 0 Å². The van der Waals surface area contributed by atoms with Gasteiger partial charge in [0.05, 0.1) is 6.04 Å². The van der Waals surface area contributed by atoms with Crippen LogP contribution in [-0.2, 0) is 0 Å². The summed E-state index contributed by atoms with van der Waals surface area (Å²) in [5.41, 5.74) is 1.07. The van der Waals surface area contributed by atoms with E-state index in [4.69, 9.17) is 23.2 Å². The Kier molecular flexibility index (Phi) is 6.08. The minimum Gasteiger partial charge on any atom is -0.308 e. The molecule has 21 heavy (non-hydrogen) atoms. The van der Waals surface area contributed by atoms with Crippen LogP contribution in [0.15, 0.2) is 35.7 Å². The largest absolute Gasteiger partial charge is 0.308 e. The van der Waals surface area contributed by atoms with Gasteiger partial charge in [0.2, 0.25) is 0 Å². The van der Waals surface area contributed by atoms with E-state index in [0.717, 1.165) is 12.1 Å². The summed E-state index contributed by atoms with van der Waals surface area (Å²) in [7, 11) is 4.21.